The topological polar surface area (TPSA) is 29.1 Å². The summed E-state index contributed by atoms with van der Waals surface area (Å²) in [6.45, 7) is 9.01. The molecule has 0 aliphatic carbocycles. The van der Waals surface area contributed by atoms with Crippen molar-refractivity contribution in [1.29, 1.82) is 0 Å². The largest absolute Gasteiger partial charge is 0.378 e. The van der Waals surface area contributed by atoms with Gasteiger partial charge in [-0.25, -0.2) is 0 Å². The maximum atomic E-state index is 10.3. The van der Waals surface area contributed by atoms with Gasteiger partial charge in [0.15, 0.2) is 0 Å². The summed E-state index contributed by atoms with van der Waals surface area (Å²) in [5.74, 6) is 0. The summed E-state index contributed by atoms with van der Waals surface area (Å²) in [7, 11) is 0. The average molecular weight is 205 g/mol. The highest BCUT2D eigenvalue weighted by Gasteiger charge is 2.13. The Morgan fingerprint density at radius 2 is 2.00 bits per heavy atom. The highest BCUT2D eigenvalue weighted by molar-refractivity contribution is 5.61. The Morgan fingerprint density at radius 1 is 1.33 bits per heavy atom. The van der Waals surface area contributed by atoms with Crippen LogP contribution < -0.4 is 5.32 Å². The molecular formula is C13H19NO. The van der Waals surface area contributed by atoms with Gasteiger partial charge in [-0.1, -0.05) is 32.9 Å². The van der Waals surface area contributed by atoms with Crippen LogP contribution in [0.1, 0.15) is 31.9 Å². The molecule has 0 spiro atoms. The molecule has 0 atom stereocenters. The van der Waals surface area contributed by atoms with Crippen molar-refractivity contribution >= 4 is 12.0 Å². The Balaban J connectivity index is 2.93. The molecule has 82 valence electrons. The maximum Gasteiger partial charge on any atom is 0.139 e. The SMILES string of the molecule is Cc1cc(C(C)(C)C)ccc1NCC=O. The number of benzene rings is 1. The molecule has 1 rings (SSSR count). The highest BCUT2D eigenvalue weighted by Crippen LogP contribution is 2.26. The molecule has 15 heavy (non-hydrogen) atoms. The number of carbonyl (C=O) groups is 1. The summed E-state index contributed by atoms with van der Waals surface area (Å²) in [4.78, 5) is 10.3. The second kappa shape index (κ2) is 4.47. The first-order valence-electron chi connectivity index (χ1n) is 5.24. The second-order valence-corrected chi connectivity index (χ2v) is 4.83. The van der Waals surface area contributed by atoms with Crippen molar-refractivity contribution in [3.63, 3.8) is 0 Å². The van der Waals surface area contributed by atoms with Crippen LogP contribution >= 0.6 is 0 Å². The molecule has 0 aromatic heterocycles. The number of nitrogens with one attached hydrogen (secondary N) is 1. The van der Waals surface area contributed by atoms with E-state index in [1.807, 2.05) is 6.07 Å². The first-order valence-corrected chi connectivity index (χ1v) is 5.24. The van der Waals surface area contributed by atoms with Crippen LogP contribution in [0.5, 0.6) is 0 Å². The van der Waals surface area contributed by atoms with Gasteiger partial charge in [0, 0.05) is 5.69 Å². The number of hydrogen-bond acceptors (Lipinski definition) is 2. The summed E-state index contributed by atoms with van der Waals surface area (Å²) in [6, 6.07) is 6.33. The Kier molecular flexibility index (Phi) is 3.51. The Morgan fingerprint density at radius 3 is 2.47 bits per heavy atom. The minimum absolute atomic E-state index is 0.175. The number of hydrogen-bond donors (Lipinski definition) is 1. The third-order valence-electron chi connectivity index (χ3n) is 2.47. The lowest BCUT2D eigenvalue weighted by molar-refractivity contribution is -0.106. The van der Waals surface area contributed by atoms with Crippen LogP contribution in [-0.4, -0.2) is 12.8 Å². The number of aryl methyl sites for hydroxylation is 1. The molecule has 0 heterocycles. The van der Waals surface area contributed by atoms with Gasteiger partial charge in [0.05, 0.1) is 6.54 Å². The Bertz CT molecular complexity index is 350. The Hall–Kier alpha value is -1.31. The van der Waals surface area contributed by atoms with Crippen molar-refractivity contribution in [2.45, 2.75) is 33.1 Å². The number of rotatable bonds is 3. The molecule has 0 bridgehead atoms. The van der Waals surface area contributed by atoms with E-state index in [1.165, 1.54) is 11.1 Å². The van der Waals surface area contributed by atoms with Crippen molar-refractivity contribution in [1.82, 2.24) is 0 Å². The highest BCUT2D eigenvalue weighted by atomic mass is 16.1. The van der Waals surface area contributed by atoms with E-state index in [-0.39, 0.29) is 5.41 Å². The quantitative estimate of drug-likeness (QED) is 0.769. The third-order valence-corrected chi connectivity index (χ3v) is 2.47. The summed E-state index contributed by atoms with van der Waals surface area (Å²) in [6.07, 6.45) is 0.872. The van der Waals surface area contributed by atoms with Crippen molar-refractivity contribution in [3.05, 3.63) is 29.3 Å². The molecule has 1 N–H and O–H groups in total. The molecule has 0 radical (unpaired) electrons. The van der Waals surface area contributed by atoms with E-state index in [2.05, 4.69) is 45.1 Å². The van der Waals surface area contributed by atoms with E-state index in [1.54, 1.807) is 0 Å². The third kappa shape index (κ3) is 3.08. The van der Waals surface area contributed by atoms with E-state index in [0.29, 0.717) is 6.54 Å². The van der Waals surface area contributed by atoms with Crippen LogP contribution in [0.3, 0.4) is 0 Å². The monoisotopic (exact) mass is 205 g/mol. The van der Waals surface area contributed by atoms with Crippen LogP contribution in [0.25, 0.3) is 0 Å². The molecule has 1 aromatic rings. The molecule has 0 aliphatic rings. The van der Waals surface area contributed by atoms with E-state index < -0.39 is 0 Å². The summed E-state index contributed by atoms with van der Waals surface area (Å²) in [5.41, 5.74) is 3.71. The predicted octanol–water partition coefficient (Wildman–Crippen LogP) is 2.90. The minimum atomic E-state index is 0.175. The lowest BCUT2D eigenvalue weighted by Gasteiger charge is -2.20. The summed E-state index contributed by atoms with van der Waals surface area (Å²) in [5, 5.41) is 3.07. The molecule has 0 saturated carbocycles. The zero-order valence-electron chi connectivity index (χ0n) is 9.92. The lowest BCUT2D eigenvalue weighted by Crippen LogP contribution is -2.12. The van der Waals surface area contributed by atoms with Crippen molar-refractivity contribution in [2.75, 3.05) is 11.9 Å². The predicted molar refractivity (Wildman–Crippen MR) is 64.4 cm³/mol. The van der Waals surface area contributed by atoms with E-state index >= 15 is 0 Å². The van der Waals surface area contributed by atoms with Gasteiger partial charge in [-0.15, -0.1) is 0 Å². The van der Waals surface area contributed by atoms with Gasteiger partial charge in [-0.3, -0.25) is 0 Å². The fourth-order valence-corrected chi connectivity index (χ4v) is 1.48. The van der Waals surface area contributed by atoms with Crippen molar-refractivity contribution in [3.8, 4) is 0 Å². The molecule has 2 nitrogen and oxygen atoms in total. The molecular weight excluding hydrogens is 186 g/mol. The van der Waals surface area contributed by atoms with Gasteiger partial charge in [0.2, 0.25) is 0 Å². The molecule has 2 heteroatoms. The molecule has 0 unspecified atom stereocenters. The zero-order valence-corrected chi connectivity index (χ0v) is 9.92. The molecule has 0 amide bonds. The Labute approximate surface area is 91.7 Å². The van der Waals surface area contributed by atoms with Gasteiger partial charge in [0.25, 0.3) is 0 Å². The summed E-state index contributed by atoms with van der Waals surface area (Å²) >= 11 is 0. The number of carbonyl (C=O) groups excluding carboxylic acids is 1. The van der Waals surface area contributed by atoms with Crippen LogP contribution in [0.4, 0.5) is 5.69 Å². The van der Waals surface area contributed by atoms with Gasteiger partial charge in [-0.2, -0.15) is 0 Å². The van der Waals surface area contributed by atoms with Crippen molar-refractivity contribution < 1.29 is 4.79 Å². The molecule has 0 aliphatic heterocycles. The van der Waals surface area contributed by atoms with Crippen LogP contribution in [0, 0.1) is 6.92 Å². The van der Waals surface area contributed by atoms with Crippen molar-refractivity contribution in [2.24, 2.45) is 0 Å². The summed E-state index contributed by atoms with van der Waals surface area (Å²) < 4.78 is 0. The fourth-order valence-electron chi connectivity index (χ4n) is 1.48. The minimum Gasteiger partial charge on any atom is -0.378 e. The normalized spacial score (nSPS) is 11.2. The first kappa shape index (κ1) is 11.8. The van der Waals surface area contributed by atoms with E-state index in [9.17, 15) is 4.79 Å². The second-order valence-electron chi connectivity index (χ2n) is 4.83. The number of anilines is 1. The average Bonchev–Trinajstić information content (AvgIpc) is 2.14. The van der Waals surface area contributed by atoms with E-state index in [0.717, 1.165) is 12.0 Å². The van der Waals surface area contributed by atoms with Gasteiger partial charge in [0.1, 0.15) is 6.29 Å². The molecule has 0 fully saturated rings. The zero-order chi connectivity index (χ0) is 11.5. The van der Waals surface area contributed by atoms with Gasteiger partial charge < -0.3 is 10.1 Å². The maximum absolute atomic E-state index is 10.3. The van der Waals surface area contributed by atoms with E-state index in [4.69, 9.17) is 0 Å². The molecule has 1 aromatic carbocycles. The van der Waals surface area contributed by atoms with Gasteiger partial charge in [-0.05, 0) is 29.5 Å². The van der Waals surface area contributed by atoms with Gasteiger partial charge >= 0.3 is 0 Å². The fraction of sp³-hybridized carbons (Fsp3) is 0.462. The van der Waals surface area contributed by atoms with Crippen LogP contribution in [-0.2, 0) is 10.2 Å². The standard InChI is InChI=1S/C13H19NO/c1-10-9-11(13(2,3)4)5-6-12(10)14-7-8-15/h5-6,8-9,14H,7H2,1-4H3. The first-order chi connectivity index (χ1) is 6.95. The smallest absolute Gasteiger partial charge is 0.139 e. The lowest BCUT2D eigenvalue weighted by atomic mass is 9.86. The van der Waals surface area contributed by atoms with Crippen LogP contribution in [0.15, 0.2) is 18.2 Å². The van der Waals surface area contributed by atoms with Crippen LogP contribution in [0.2, 0.25) is 0 Å². The number of aldehydes is 1. The molecule has 0 saturated heterocycles.